The van der Waals surface area contributed by atoms with Gasteiger partial charge in [-0.1, -0.05) is 13.3 Å². The molecule has 1 aromatic rings. The number of Topliss-reactive ketones (excluding diaryl/α,β-unsaturated/α-hetero) is 1. The maximum Gasteiger partial charge on any atom is 0.334 e. The first kappa shape index (κ1) is 15.5. The lowest BCUT2D eigenvalue weighted by molar-refractivity contribution is -0.384. The van der Waals surface area contributed by atoms with Gasteiger partial charge in [0.2, 0.25) is 5.82 Å². The molecule has 1 aromatic heterocycles. The molecular formula is C14H22N4O3. The minimum absolute atomic E-state index is 0.0867. The Morgan fingerprint density at radius 2 is 2.05 bits per heavy atom. The minimum atomic E-state index is -0.329. The number of carbonyl (C=O) groups is 1. The van der Waals surface area contributed by atoms with Gasteiger partial charge in [0.15, 0.2) is 0 Å². The molecule has 1 aliphatic heterocycles. The summed E-state index contributed by atoms with van der Waals surface area (Å²) in [6, 6.07) is 0. The number of aromatic nitrogens is 2. The predicted molar refractivity (Wildman–Crippen MR) is 79.5 cm³/mol. The lowest BCUT2D eigenvalue weighted by Gasteiger charge is -2.31. The lowest BCUT2D eigenvalue weighted by Crippen LogP contribution is -2.37. The average molecular weight is 294 g/mol. The Kier molecular flexibility index (Phi) is 4.59. The number of ketones is 1. The molecule has 0 N–H and O–H groups in total. The van der Waals surface area contributed by atoms with E-state index in [4.69, 9.17) is 0 Å². The van der Waals surface area contributed by atoms with Gasteiger partial charge in [-0.15, -0.1) is 0 Å². The third kappa shape index (κ3) is 3.06. The summed E-state index contributed by atoms with van der Waals surface area (Å²) in [5.74, 6) is 0.870. The number of piperidine rings is 1. The summed E-state index contributed by atoms with van der Waals surface area (Å²) in [6.07, 6.45) is 2.93. The molecule has 0 saturated carbocycles. The minimum Gasteiger partial charge on any atom is -0.351 e. The van der Waals surface area contributed by atoms with E-state index in [1.807, 2.05) is 11.8 Å². The zero-order chi connectivity index (χ0) is 15.6. The van der Waals surface area contributed by atoms with Gasteiger partial charge in [0.05, 0.1) is 4.92 Å². The van der Waals surface area contributed by atoms with Crippen LogP contribution < -0.4 is 4.90 Å². The van der Waals surface area contributed by atoms with Crippen molar-refractivity contribution in [1.82, 2.24) is 9.78 Å². The summed E-state index contributed by atoms with van der Waals surface area (Å²) in [7, 11) is 1.75. The van der Waals surface area contributed by atoms with E-state index in [-0.39, 0.29) is 22.3 Å². The number of nitro groups is 1. The molecule has 0 spiro atoms. The second-order valence-electron chi connectivity index (χ2n) is 5.62. The van der Waals surface area contributed by atoms with Crippen LogP contribution in [0.2, 0.25) is 0 Å². The number of hydrogen-bond donors (Lipinski definition) is 0. The summed E-state index contributed by atoms with van der Waals surface area (Å²) in [5, 5.41) is 15.7. The SMILES string of the molecule is CCCc1nn(C)c(N2CCC(C(C)=O)CC2)c1[N+](=O)[O-]. The van der Waals surface area contributed by atoms with E-state index in [2.05, 4.69) is 5.10 Å². The Hall–Kier alpha value is -1.92. The largest absolute Gasteiger partial charge is 0.351 e. The van der Waals surface area contributed by atoms with Gasteiger partial charge in [-0.2, -0.15) is 5.10 Å². The fourth-order valence-corrected chi connectivity index (χ4v) is 3.00. The highest BCUT2D eigenvalue weighted by Gasteiger charge is 2.32. The van der Waals surface area contributed by atoms with Gasteiger partial charge in [-0.3, -0.25) is 14.9 Å². The van der Waals surface area contributed by atoms with Crippen molar-refractivity contribution in [2.75, 3.05) is 18.0 Å². The highest BCUT2D eigenvalue weighted by Crippen LogP contribution is 2.34. The summed E-state index contributed by atoms with van der Waals surface area (Å²) in [5.41, 5.74) is 0.675. The maximum atomic E-state index is 11.4. The van der Waals surface area contributed by atoms with Gasteiger partial charge < -0.3 is 4.90 Å². The molecule has 0 aliphatic carbocycles. The van der Waals surface area contributed by atoms with Crippen LogP contribution in [0.25, 0.3) is 0 Å². The number of nitrogens with zero attached hydrogens (tertiary/aromatic N) is 4. The van der Waals surface area contributed by atoms with Crippen molar-refractivity contribution in [3.05, 3.63) is 15.8 Å². The van der Waals surface area contributed by atoms with Crippen molar-refractivity contribution in [3.63, 3.8) is 0 Å². The van der Waals surface area contributed by atoms with E-state index < -0.39 is 0 Å². The van der Waals surface area contributed by atoms with Crippen molar-refractivity contribution in [2.24, 2.45) is 13.0 Å². The van der Waals surface area contributed by atoms with Crippen molar-refractivity contribution in [1.29, 1.82) is 0 Å². The summed E-state index contributed by atoms with van der Waals surface area (Å²) >= 11 is 0. The number of anilines is 1. The summed E-state index contributed by atoms with van der Waals surface area (Å²) < 4.78 is 1.61. The third-order valence-corrected chi connectivity index (χ3v) is 4.10. The van der Waals surface area contributed by atoms with Crippen molar-refractivity contribution in [2.45, 2.75) is 39.5 Å². The van der Waals surface area contributed by atoms with E-state index in [9.17, 15) is 14.9 Å². The molecule has 0 unspecified atom stereocenters. The van der Waals surface area contributed by atoms with Crippen LogP contribution >= 0.6 is 0 Å². The molecule has 21 heavy (non-hydrogen) atoms. The normalized spacial score (nSPS) is 16.2. The Balaban J connectivity index is 2.27. The fraction of sp³-hybridized carbons (Fsp3) is 0.714. The van der Waals surface area contributed by atoms with E-state index in [1.165, 1.54) is 0 Å². The number of aryl methyl sites for hydroxylation is 2. The second-order valence-corrected chi connectivity index (χ2v) is 5.62. The van der Waals surface area contributed by atoms with Crippen LogP contribution in [0.4, 0.5) is 11.5 Å². The molecule has 0 amide bonds. The number of carbonyl (C=O) groups excluding carboxylic acids is 1. The zero-order valence-electron chi connectivity index (χ0n) is 12.8. The van der Waals surface area contributed by atoms with Crippen molar-refractivity contribution < 1.29 is 9.72 Å². The van der Waals surface area contributed by atoms with E-state index in [0.29, 0.717) is 31.0 Å². The molecule has 2 rings (SSSR count). The van der Waals surface area contributed by atoms with Crippen molar-refractivity contribution >= 4 is 17.3 Å². The molecule has 0 atom stereocenters. The molecule has 1 fully saturated rings. The van der Waals surface area contributed by atoms with Gasteiger partial charge in [-0.05, 0) is 26.2 Å². The Morgan fingerprint density at radius 3 is 2.52 bits per heavy atom. The first-order valence-electron chi connectivity index (χ1n) is 7.41. The molecule has 2 heterocycles. The van der Waals surface area contributed by atoms with Gasteiger partial charge in [0.1, 0.15) is 11.5 Å². The third-order valence-electron chi connectivity index (χ3n) is 4.10. The monoisotopic (exact) mass is 294 g/mol. The summed E-state index contributed by atoms with van der Waals surface area (Å²) in [6.45, 7) is 4.93. The topological polar surface area (TPSA) is 81.3 Å². The van der Waals surface area contributed by atoms with E-state index >= 15 is 0 Å². The van der Waals surface area contributed by atoms with E-state index in [0.717, 1.165) is 19.3 Å². The van der Waals surface area contributed by atoms with Gasteiger partial charge in [0, 0.05) is 26.1 Å². The fourth-order valence-electron chi connectivity index (χ4n) is 3.00. The van der Waals surface area contributed by atoms with Crippen LogP contribution in [0.15, 0.2) is 0 Å². The molecular weight excluding hydrogens is 272 g/mol. The van der Waals surface area contributed by atoms with Crippen LogP contribution in [0.1, 0.15) is 38.8 Å². The highest BCUT2D eigenvalue weighted by molar-refractivity contribution is 5.78. The molecule has 116 valence electrons. The van der Waals surface area contributed by atoms with Crippen LogP contribution in [0, 0.1) is 16.0 Å². The molecule has 7 nitrogen and oxygen atoms in total. The number of hydrogen-bond acceptors (Lipinski definition) is 5. The smallest absolute Gasteiger partial charge is 0.334 e. The van der Waals surface area contributed by atoms with Gasteiger partial charge in [0.25, 0.3) is 0 Å². The van der Waals surface area contributed by atoms with E-state index in [1.54, 1.807) is 18.7 Å². The average Bonchev–Trinajstić information content (AvgIpc) is 2.76. The van der Waals surface area contributed by atoms with Gasteiger partial charge >= 0.3 is 5.69 Å². The van der Waals surface area contributed by atoms with Crippen LogP contribution in [0.5, 0.6) is 0 Å². The molecule has 1 saturated heterocycles. The maximum absolute atomic E-state index is 11.4. The first-order chi connectivity index (χ1) is 9.95. The molecule has 0 radical (unpaired) electrons. The lowest BCUT2D eigenvalue weighted by atomic mass is 9.93. The highest BCUT2D eigenvalue weighted by atomic mass is 16.6. The Bertz CT molecular complexity index is 545. The predicted octanol–water partition coefficient (Wildman–Crippen LogP) is 2.09. The zero-order valence-corrected chi connectivity index (χ0v) is 12.8. The quantitative estimate of drug-likeness (QED) is 0.613. The molecule has 7 heteroatoms. The molecule has 0 bridgehead atoms. The van der Waals surface area contributed by atoms with Gasteiger partial charge in [-0.25, -0.2) is 4.68 Å². The molecule has 0 aromatic carbocycles. The molecule has 1 aliphatic rings. The Morgan fingerprint density at radius 1 is 1.43 bits per heavy atom. The summed E-state index contributed by atoms with van der Waals surface area (Å²) in [4.78, 5) is 24.5. The second kappa shape index (κ2) is 6.24. The Labute approximate surface area is 124 Å². The van der Waals surface area contributed by atoms with Crippen LogP contribution in [0.3, 0.4) is 0 Å². The standard InChI is InChI=1S/C14H22N4O3/c1-4-5-12-13(18(20)21)14(16(3)15-12)17-8-6-11(7-9-17)10(2)19/h11H,4-9H2,1-3H3. The van der Waals surface area contributed by atoms with Crippen LogP contribution in [-0.2, 0) is 18.3 Å². The number of rotatable bonds is 5. The first-order valence-corrected chi connectivity index (χ1v) is 7.41. The van der Waals surface area contributed by atoms with Crippen molar-refractivity contribution in [3.8, 4) is 0 Å². The van der Waals surface area contributed by atoms with Crippen LogP contribution in [-0.4, -0.2) is 33.6 Å².